The molecule has 2 nitrogen and oxygen atoms in total. The van der Waals surface area contributed by atoms with Crippen molar-refractivity contribution in [2.75, 3.05) is 0 Å². The Morgan fingerprint density at radius 1 is 1.14 bits per heavy atom. The molecule has 0 N–H and O–H groups in total. The number of hydrogen-bond acceptors (Lipinski definition) is 2. The summed E-state index contributed by atoms with van der Waals surface area (Å²) in [6, 6.07) is 7.45. The van der Waals surface area contributed by atoms with Crippen molar-refractivity contribution in [3.8, 4) is 0 Å². The predicted molar refractivity (Wildman–Crippen MR) is 47.0 cm³/mol. The first-order valence-electron chi connectivity index (χ1n) is 4.18. The van der Waals surface area contributed by atoms with Crippen LogP contribution >= 0.6 is 0 Å². The fourth-order valence-corrected chi connectivity index (χ4v) is 1.69. The van der Waals surface area contributed by atoms with E-state index in [1.54, 1.807) is 6.07 Å². The summed E-state index contributed by atoms with van der Waals surface area (Å²) in [6.07, 6.45) is -0.733. The van der Waals surface area contributed by atoms with Gasteiger partial charge in [-0.15, -0.1) is 12.2 Å². The summed E-state index contributed by atoms with van der Waals surface area (Å²) in [4.78, 5) is 0. The molecule has 0 saturated carbocycles. The fourth-order valence-electron chi connectivity index (χ4n) is 1.69. The van der Waals surface area contributed by atoms with Crippen LogP contribution in [0.3, 0.4) is 0 Å². The molecule has 1 aromatic carbocycles. The van der Waals surface area contributed by atoms with Crippen molar-refractivity contribution in [2.45, 2.75) is 25.0 Å². The molecular weight excluding hydrogens is 215 g/mol. The monoisotopic (exact) mass is 224 g/mol. The van der Waals surface area contributed by atoms with E-state index in [2.05, 4.69) is 0 Å². The van der Waals surface area contributed by atoms with Gasteiger partial charge in [0.15, 0.2) is 0 Å². The van der Waals surface area contributed by atoms with E-state index >= 15 is 0 Å². The van der Waals surface area contributed by atoms with E-state index in [0.717, 1.165) is 12.0 Å². The van der Waals surface area contributed by atoms with Crippen LogP contribution in [0.15, 0.2) is 24.3 Å². The first-order valence-corrected chi connectivity index (χ1v) is 4.18. The van der Waals surface area contributed by atoms with Gasteiger partial charge in [-0.1, -0.05) is 36.2 Å². The second kappa shape index (κ2) is 5.75. The van der Waals surface area contributed by atoms with Crippen molar-refractivity contribution >= 4 is 17.4 Å². The van der Waals surface area contributed by atoms with Gasteiger partial charge in [-0.05, 0) is 12.0 Å². The van der Waals surface area contributed by atoms with Gasteiger partial charge in [0.05, 0.1) is 0 Å². The van der Waals surface area contributed by atoms with Crippen LogP contribution in [0, 0.1) is 0 Å². The van der Waals surface area contributed by atoms with Crippen LogP contribution in [-0.4, -0.2) is 23.5 Å². The molecule has 0 amide bonds. The second-order valence-corrected chi connectivity index (χ2v) is 3.20. The van der Waals surface area contributed by atoms with Gasteiger partial charge in [0.25, 0.3) is 0 Å². The molecule has 2 atom stereocenters. The topological polar surface area (TPSA) is 46.1 Å². The normalized spacial score (nSPS) is 24.1. The maximum absolute atomic E-state index is 11.4. The number of fused-ring (bicyclic) bond motifs is 1. The molecule has 0 aromatic heterocycles. The zero-order valence-corrected chi connectivity index (χ0v) is 9.56. The quantitative estimate of drug-likeness (QED) is 0.428. The average molecular weight is 225 g/mol. The zero-order chi connectivity index (χ0) is 8.55. The van der Waals surface area contributed by atoms with Gasteiger partial charge in [0.1, 0.15) is 0 Å². The Kier molecular flexibility index (Phi) is 5.73. The van der Waals surface area contributed by atoms with Crippen LogP contribution < -0.4 is 22.6 Å². The number of benzene rings is 1. The van der Waals surface area contributed by atoms with E-state index in [1.165, 1.54) is 0 Å². The van der Waals surface area contributed by atoms with Crippen molar-refractivity contribution in [3.05, 3.63) is 35.4 Å². The summed E-state index contributed by atoms with van der Waals surface area (Å²) in [5.74, 6) is 0. The van der Waals surface area contributed by atoms with Gasteiger partial charge >= 0.3 is 17.4 Å². The number of rotatable bonds is 0. The Balaban J connectivity index is 0.000000845. The van der Waals surface area contributed by atoms with Crippen LogP contribution in [0.25, 0.3) is 0 Å². The molecule has 0 heterocycles. The van der Waals surface area contributed by atoms with Gasteiger partial charge in [-0.25, -0.2) is 0 Å². The van der Waals surface area contributed by atoms with Crippen molar-refractivity contribution in [2.24, 2.45) is 0 Å². The Labute approximate surface area is 101 Å². The summed E-state index contributed by atoms with van der Waals surface area (Å²) < 4.78 is 0. The van der Waals surface area contributed by atoms with E-state index in [-0.39, 0.29) is 29.8 Å². The van der Waals surface area contributed by atoms with E-state index in [0.29, 0.717) is 12.0 Å². The van der Waals surface area contributed by atoms with Gasteiger partial charge in [0.2, 0.25) is 0 Å². The first kappa shape index (κ1) is 14.0. The van der Waals surface area contributed by atoms with Gasteiger partial charge in [-0.3, -0.25) is 0 Å². The largest absolute Gasteiger partial charge is 3.00 e. The third-order valence-corrected chi connectivity index (χ3v) is 2.40. The molecule has 0 fully saturated rings. The molecular formula is C10H10AlClO2. The van der Waals surface area contributed by atoms with Crippen LogP contribution in [0.5, 0.6) is 0 Å². The third kappa shape index (κ3) is 2.50. The minimum atomic E-state index is -1.05. The molecule has 14 heavy (non-hydrogen) atoms. The van der Waals surface area contributed by atoms with Crippen LogP contribution in [0.2, 0.25) is 0 Å². The molecule has 1 aliphatic rings. The summed E-state index contributed by atoms with van der Waals surface area (Å²) >= 11 is 0. The Morgan fingerprint density at radius 3 is 2.50 bits per heavy atom. The number of halogens is 1. The maximum Gasteiger partial charge on any atom is 3.00 e. The molecule has 4 heteroatoms. The minimum Gasteiger partial charge on any atom is -1.00 e. The molecule has 0 aliphatic heterocycles. The van der Waals surface area contributed by atoms with E-state index in [4.69, 9.17) is 0 Å². The molecule has 1 aliphatic carbocycles. The molecule has 0 unspecified atom stereocenters. The molecule has 2 rings (SSSR count). The second-order valence-electron chi connectivity index (χ2n) is 3.20. The van der Waals surface area contributed by atoms with Gasteiger partial charge < -0.3 is 22.6 Å². The summed E-state index contributed by atoms with van der Waals surface area (Å²) in [6.45, 7) is 0. The Hall–Kier alpha value is -0.0375. The summed E-state index contributed by atoms with van der Waals surface area (Å²) in [5, 5.41) is 22.5. The summed E-state index contributed by atoms with van der Waals surface area (Å²) in [5.41, 5.74) is 1.77. The van der Waals surface area contributed by atoms with Gasteiger partial charge in [-0.2, -0.15) is 0 Å². The van der Waals surface area contributed by atoms with Crippen molar-refractivity contribution < 1.29 is 22.6 Å². The number of hydrogen-bond donors (Lipinski definition) is 0. The SMILES string of the molecule is [Al+3].[Cl-].[O-][C@@H]1c2ccccc2CC[C@@H]1[O-]. The maximum atomic E-state index is 11.4. The Bertz CT molecular complexity index is 293. The average Bonchev–Trinajstić information content (AvgIpc) is 2.12. The molecule has 0 saturated heterocycles. The van der Waals surface area contributed by atoms with Crippen LogP contribution in [0.4, 0.5) is 0 Å². The zero-order valence-electron chi connectivity index (χ0n) is 7.65. The van der Waals surface area contributed by atoms with Gasteiger partial charge in [0, 0.05) is 0 Å². The standard InChI is InChI=1S/C10H10O2.Al.ClH/c11-9-6-5-7-3-1-2-4-8(7)10(9)12;;/h1-4,9-10H,5-6H2;;1H/q-2;+3;/p-1/t9-,10+;;/m0../s1. The van der Waals surface area contributed by atoms with E-state index < -0.39 is 12.2 Å². The molecule has 1 aromatic rings. The Morgan fingerprint density at radius 2 is 1.79 bits per heavy atom. The van der Waals surface area contributed by atoms with Crippen LogP contribution in [-0.2, 0) is 6.42 Å². The summed E-state index contributed by atoms with van der Waals surface area (Å²) in [7, 11) is 0. The minimum absolute atomic E-state index is 0. The smallest absolute Gasteiger partial charge is 1.00 e. The van der Waals surface area contributed by atoms with Crippen LogP contribution in [0.1, 0.15) is 23.7 Å². The molecule has 0 spiro atoms. The van der Waals surface area contributed by atoms with Crippen molar-refractivity contribution in [1.82, 2.24) is 0 Å². The fraction of sp³-hybridized carbons (Fsp3) is 0.400. The molecule has 72 valence electrons. The van der Waals surface area contributed by atoms with Crippen molar-refractivity contribution in [1.29, 1.82) is 0 Å². The first-order chi connectivity index (χ1) is 5.79. The molecule has 0 bridgehead atoms. The number of aryl methyl sites for hydroxylation is 1. The van der Waals surface area contributed by atoms with E-state index in [1.807, 2.05) is 18.2 Å². The third-order valence-electron chi connectivity index (χ3n) is 2.40. The predicted octanol–water partition coefficient (Wildman–Crippen LogP) is -3.61. The van der Waals surface area contributed by atoms with E-state index in [9.17, 15) is 10.2 Å². The van der Waals surface area contributed by atoms with Crippen molar-refractivity contribution in [3.63, 3.8) is 0 Å². The molecule has 0 radical (unpaired) electrons.